The lowest BCUT2D eigenvalue weighted by Gasteiger charge is -2.14. The summed E-state index contributed by atoms with van der Waals surface area (Å²) in [4.78, 5) is 3.44. The number of halogens is 3. The molecular formula is C9H11BF3NO3. The Morgan fingerprint density at radius 1 is 1.35 bits per heavy atom. The molecule has 0 spiro atoms. The van der Waals surface area contributed by atoms with Crippen LogP contribution < -0.4 is 10.2 Å². The first-order valence-corrected chi connectivity index (χ1v) is 4.81. The first-order valence-electron chi connectivity index (χ1n) is 4.81. The van der Waals surface area contributed by atoms with Crippen molar-refractivity contribution in [3.63, 3.8) is 0 Å². The van der Waals surface area contributed by atoms with Crippen molar-refractivity contribution in [3.8, 4) is 5.88 Å². The second kappa shape index (κ2) is 4.93. The Morgan fingerprint density at radius 2 is 1.94 bits per heavy atom. The van der Waals surface area contributed by atoms with Gasteiger partial charge in [-0.25, -0.2) is 4.98 Å². The molecule has 1 aromatic heterocycles. The second-order valence-corrected chi connectivity index (χ2v) is 3.66. The molecule has 4 nitrogen and oxygen atoms in total. The van der Waals surface area contributed by atoms with Crippen LogP contribution in [0.25, 0.3) is 0 Å². The van der Waals surface area contributed by atoms with E-state index in [-0.39, 0.29) is 12.0 Å². The van der Waals surface area contributed by atoms with E-state index in [0.717, 1.165) is 0 Å². The monoisotopic (exact) mass is 249 g/mol. The number of ether oxygens (including phenoxy) is 1. The molecule has 17 heavy (non-hydrogen) atoms. The summed E-state index contributed by atoms with van der Waals surface area (Å²) >= 11 is 0. The molecule has 0 bridgehead atoms. The Kier molecular flexibility index (Phi) is 4.00. The van der Waals surface area contributed by atoms with E-state index in [2.05, 4.69) is 4.98 Å². The highest BCUT2D eigenvalue weighted by Gasteiger charge is 2.33. The van der Waals surface area contributed by atoms with E-state index in [0.29, 0.717) is 12.3 Å². The SMILES string of the molecule is CC(C)Oc1ncc(C(F)(F)F)cc1B(O)O. The number of rotatable bonds is 3. The molecule has 1 heterocycles. The number of alkyl halides is 3. The Balaban J connectivity index is 3.18. The highest BCUT2D eigenvalue weighted by molar-refractivity contribution is 6.59. The third kappa shape index (κ3) is 3.60. The van der Waals surface area contributed by atoms with Gasteiger partial charge in [0.25, 0.3) is 0 Å². The van der Waals surface area contributed by atoms with Crippen LogP contribution >= 0.6 is 0 Å². The maximum absolute atomic E-state index is 12.4. The lowest BCUT2D eigenvalue weighted by atomic mass is 9.80. The van der Waals surface area contributed by atoms with E-state index in [1.807, 2.05) is 0 Å². The Hall–Kier alpha value is -1.28. The molecule has 0 radical (unpaired) electrons. The van der Waals surface area contributed by atoms with Crippen LogP contribution in [0.2, 0.25) is 0 Å². The summed E-state index contributed by atoms with van der Waals surface area (Å²) in [6, 6.07) is 0.607. The van der Waals surface area contributed by atoms with Gasteiger partial charge in [-0.3, -0.25) is 0 Å². The molecule has 0 saturated heterocycles. The molecule has 0 amide bonds. The van der Waals surface area contributed by atoms with Crippen molar-refractivity contribution >= 4 is 12.6 Å². The van der Waals surface area contributed by atoms with Gasteiger partial charge in [-0.05, 0) is 19.9 Å². The number of hydrogen-bond donors (Lipinski definition) is 2. The Labute approximate surface area is 96.2 Å². The second-order valence-electron chi connectivity index (χ2n) is 3.66. The van der Waals surface area contributed by atoms with Gasteiger partial charge in [0, 0.05) is 11.7 Å². The van der Waals surface area contributed by atoms with Crippen LogP contribution in [0.5, 0.6) is 5.88 Å². The Morgan fingerprint density at radius 3 is 2.35 bits per heavy atom. The molecule has 2 N–H and O–H groups in total. The molecule has 1 rings (SSSR count). The molecule has 0 aliphatic carbocycles. The normalized spacial score (nSPS) is 11.8. The number of hydrogen-bond acceptors (Lipinski definition) is 4. The lowest BCUT2D eigenvalue weighted by Crippen LogP contribution is -2.34. The van der Waals surface area contributed by atoms with Gasteiger partial charge in [-0.15, -0.1) is 0 Å². The van der Waals surface area contributed by atoms with Crippen LogP contribution in [0.1, 0.15) is 19.4 Å². The van der Waals surface area contributed by atoms with Gasteiger partial charge in [-0.2, -0.15) is 13.2 Å². The fourth-order valence-electron chi connectivity index (χ4n) is 1.13. The van der Waals surface area contributed by atoms with Crippen molar-refractivity contribution in [1.29, 1.82) is 0 Å². The lowest BCUT2D eigenvalue weighted by molar-refractivity contribution is -0.137. The molecule has 0 atom stereocenters. The maximum Gasteiger partial charge on any atom is 0.494 e. The van der Waals surface area contributed by atoms with Crippen molar-refractivity contribution in [1.82, 2.24) is 4.98 Å². The van der Waals surface area contributed by atoms with E-state index in [1.165, 1.54) is 0 Å². The average molecular weight is 249 g/mol. The number of pyridine rings is 1. The van der Waals surface area contributed by atoms with Gasteiger partial charge in [0.15, 0.2) is 0 Å². The fraction of sp³-hybridized carbons (Fsp3) is 0.444. The van der Waals surface area contributed by atoms with Crippen LogP contribution in [0.15, 0.2) is 12.3 Å². The molecule has 0 saturated carbocycles. The van der Waals surface area contributed by atoms with Crippen molar-refractivity contribution in [2.45, 2.75) is 26.1 Å². The summed E-state index contributed by atoms with van der Waals surface area (Å²) in [5, 5.41) is 18.0. The van der Waals surface area contributed by atoms with Gasteiger partial charge in [0.2, 0.25) is 5.88 Å². The summed E-state index contributed by atoms with van der Waals surface area (Å²) in [6.45, 7) is 3.29. The van der Waals surface area contributed by atoms with Crippen LogP contribution in [0.4, 0.5) is 13.2 Å². The van der Waals surface area contributed by atoms with Crippen molar-refractivity contribution in [2.75, 3.05) is 0 Å². The van der Waals surface area contributed by atoms with Crippen molar-refractivity contribution in [2.24, 2.45) is 0 Å². The molecule has 1 aromatic rings. The minimum atomic E-state index is -4.59. The van der Waals surface area contributed by atoms with E-state index in [4.69, 9.17) is 14.8 Å². The first-order chi connectivity index (χ1) is 7.71. The highest BCUT2D eigenvalue weighted by Crippen LogP contribution is 2.28. The predicted octanol–water partition coefficient (Wildman–Crippen LogP) is 0.567. The third-order valence-corrected chi connectivity index (χ3v) is 1.83. The zero-order valence-corrected chi connectivity index (χ0v) is 9.19. The molecule has 0 fully saturated rings. The van der Waals surface area contributed by atoms with Gasteiger partial charge >= 0.3 is 13.3 Å². The highest BCUT2D eigenvalue weighted by atomic mass is 19.4. The van der Waals surface area contributed by atoms with Crippen molar-refractivity contribution < 1.29 is 28.0 Å². The molecule has 94 valence electrons. The molecule has 0 aromatic carbocycles. The van der Waals surface area contributed by atoms with Gasteiger partial charge in [-0.1, -0.05) is 0 Å². The van der Waals surface area contributed by atoms with Crippen LogP contribution in [0, 0.1) is 0 Å². The standard InChI is InChI=1S/C9H11BF3NO3/c1-5(2)17-8-7(10(15)16)3-6(4-14-8)9(11,12)13/h3-5,15-16H,1-2H3. The first kappa shape index (κ1) is 13.8. The third-order valence-electron chi connectivity index (χ3n) is 1.83. The quantitative estimate of drug-likeness (QED) is 0.768. The zero-order valence-electron chi connectivity index (χ0n) is 9.19. The minimum absolute atomic E-state index is 0.219. The molecular weight excluding hydrogens is 238 g/mol. The minimum Gasteiger partial charge on any atom is -0.475 e. The number of aromatic nitrogens is 1. The van der Waals surface area contributed by atoms with Crippen LogP contribution in [-0.2, 0) is 6.18 Å². The van der Waals surface area contributed by atoms with Gasteiger partial charge < -0.3 is 14.8 Å². The van der Waals surface area contributed by atoms with Crippen molar-refractivity contribution in [3.05, 3.63) is 17.8 Å². The van der Waals surface area contributed by atoms with E-state index < -0.39 is 24.3 Å². The van der Waals surface area contributed by atoms with Crippen LogP contribution in [0.3, 0.4) is 0 Å². The van der Waals surface area contributed by atoms with E-state index in [9.17, 15) is 13.2 Å². The summed E-state index contributed by atoms with van der Waals surface area (Å²) in [7, 11) is -2.07. The summed E-state index contributed by atoms with van der Waals surface area (Å²) in [5.74, 6) is -0.219. The van der Waals surface area contributed by atoms with E-state index in [1.54, 1.807) is 13.8 Å². The number of nitrogens with zero attached hydrogens (tertiary/aromatic N) is 1. The van der Waals surface area contributed by atoms with Crippen LogP contribution in [-0.4, -0.2) is 28.3 Å². The summed E-state index contributed by atoms with van der Waals surface area (Å²) < 4.78 is 42.2. The maximum atomic E-state index is 12.4. The fourth-order valence-corrected chi connectivity index (χ4v) is 1.13. The van der Waals surface area contributed by atoms with Gasteiger partial charge in [0.05, 0.1) is 11.7 Å². The molecule has 8 heteroatoms. The van der Waals surface area contributed by atoms with Gasteiger partial charge in [0.1, 0.15) is 0 Å². The zero-order chi connectivity index (χ0) is 13.2. The molecule has 0 aliphatic rings. The molecule has 0 unspecified atom stereocenters. The summed E-state index contributed by atoms with van der Waals surface area (Å²) in [6.07, 6.45) is -4.34. The smallest absolute Gasteiger partial charge is 0.475 e. The topological polar surface area (TPSA) is 62.6 Å². The molecule has 0 aliphatic heterocycles. The summed E-state index contributed by atoms with van der Waals surface area (Å²) in [5.41, 5.74) is -1.47. The predicted molar refractivity (Wildman–Crippen MR) is 54.8 cm³/mol. The largest absolute Gasteiger partial charge is 0.494 e. The average Bonchev–Trinajstić information content (AvgIpc) is 2.15. The Bertz CT molecular complexity index is 396. The van der Waals surface area contributed by atoms with E-state index >= 15 is 0 Å².